The summed E-state index contributed by atoms with van der Waals surface area (Å²) in [5.74, 6) is -1.01. The molecule has 0 saturated carbocycles. The van der Waals surface area contributed by atoms with Crippen LogP contribution in [0.2, 0.25) is 0 Å². The van der Waals surface area contributed by atoms with Crippen molar-refractivity contribution in [2.24, 2.45) is 0 Å². The fourth-order valence-corrected chi connectivity index (χ4v) is 1.21. The number of nitrogens with zero attached hydrogens (tertiary/aromatic N) is 1. The van der Waals surface area contributed by atoms with Gasteiger partial charge in [0.15, 0.2) is 11.5 Å². The fraction of sp³-hybridized carbons (Fsp3) is 0.273. The summed E-state index contributed by atoms with van der Waals surface area (Å²) in [6, 6.07) is 3.63. The summed E-state index contributed by atoms with van der Waals surface area (Å²) < 4.78 is 9.44. The van der Waals surface area contributed by atoms with E-state index >= 15 is 0 Å². The maximum absolute atomic E-state index is 11.2. The quantitative estimate of drug-likeness (QED) is 0.446. The van der Waals surface area contributed by atoms with E-state index in [2.05, 4.69) is 4.74 Å². The van der Waals surface area contributed by atoms with E-state index in [0.29, 0.717) is 0 Å². The summed E-state index contributed by atoms with van der Waals surface area (Å²) in [6.07, 6.45) is 0. The first-order valence-corrected chi connectivity index (χ1v) is 4.94. The number of esters is 1. The zero-order valence-corrected chi connectivity index (χ0v) is 9.84. The number of hydrogen-bond acceptors (Lipinski definition) is 6. The Balaban J connectivity index is 3.08. The molecule has 0 aliphatic rings. The predicted octanol–water partition coefficient (Wildman–Crippen LogP) is 1.35. The molecule has 7 heteroatoms. The Kier molecular flexibility index (Phi) is 4.36. The van der Waals surface area contributed by atoms with Crippen molar-refractivity contribution >= 4 is 17.4 Å². The summed E-state index contributed by atoms with van der Waals surface area (Å²) >= 11 is 0. The Labute approximate surface area is 102 Å². The number of ketones is 1. The van der Waals surface area contributed by atoms with E-state index in [9.17, 15) is 19.7 Å². The maximum atomic E-state index is 11.2. The van der Waals surface area contributed by atoms with E-state index in [0.717, 1.165) is 6.07 Å². The van der Waals surface area contributed by atoms with Gasteiger partial charge < -0.3 is 9.47 Å². The lowest BCUT2D eigenvalue weighted by molar-refractivity contribution is -0.385. The van der Waals surface area contributed by atoms with Crippen LogP contribution in [0.25, 0.3) is 0 Å². The summed E-state index contributed by atoms with van der Waals surface area (Å²) in [4.78, 5) is 32.1. The van der Waals surface area contributed by atoms with Crippen molar-refractivity contribution in [1.82, 2.24) is 0 Å². The van der Waals surface area contributed by atoms with Crippen molar-refractivity contribution in [2.45, 2.75) is 6.92 Å². The molecule has 0 aliphatic carbocycles. The van der Waals surface area contributed by atoms with Gasteiger partial charge in [-0.15, -0.1) is 0 Å². The van der Waals surface area contributed by atoms with Crippen LogP contribution in [0.4, 0.5) is 5.69 Å². The first-order chi connectivity index (χ1) is 8.45. The van der Waals surface area contributed by atoms with Gasteiger partial charge in [-0.05, 0) is 19.1 Å². The molecular formula is C11H11NO6. The van der Waals surface area contributed by atoms with Crippen LogP contribution >= 0.6 is 0 Å². The highest BCUT2D eigenvalue weighted by molar-refractivity contribution is 5.90. The second-order valence-corrected chi connectivity index (χ2v) is 3.42. The molecule has 0 saturated heterocycles. The normalized spacial score (nSPS) is 9.67. The SMILES string of the molecule is COC(=O)c1ccc(OCC(C)=O)c([N+](=O)[O-])c1. The third-order valence-corrected chi connectivity index (χ3v) is 2.01. The van der Waals surface area contributed by atoms with Crippen LogP contribution in [-0.2, 0) is 9.53 Å². The lowest BCUT2D eigenvalue weighted by atomic mass is 10.2. The van der Waals surface area contributed by atoms with Crippen LogP contribution in [0.1, 0.15) is 17.3 Å². The first-order valence-electron chi connectivity index (χ1n) is 4.94. The van der Waals surface area contributed by atoms with Gasteiger partial charge in [-0.1, -0.05) is 0 Å². The minimum atomic E-state index is -0.693. The number of ether oxygens (including phenoxy) is 2. The van der Waals surface area contributed by atoms with Gasteiger partial charge in [-0.3, -0.25) is 14.9 Å². The van der Waals surface area contributed by atoms with Gasteiger partial charge in [0.25, 0.3) is 0 Å². The molecule has 18 heavy (non-hydrogen) atoms. The van der Waals surface area contributed by atoms with Crippen LogP contribution in [0, 0.1) is 10.1 Å². The van der Waals surface area contributed by atoms with Crippen LogP contribution in [0.15, 0.2) is 18.2 Å². The Hall–Kier alpha value is -2.44. The van der Waals surface area contributed by atoms with Gasteiger partial charge >= 0.3 is 11.7 Å². The highest BCUT2D eigenvalue weighted by atomic mass is 16.6. The zero-order chi connectivity index (χ0) is 13.7. The topological polar surface area (TPSA) is 95.7 Å². The largest absolute Gasteiger partial charge is 0.479 e. The summed E-state index contributed by atoms with van der Waals surface area (Å²) in [6.45, 7) is 1.03. The molecule has 1 aromatic carbocycles. The van der Waals surface area contributed by atoms with Crippen molar-refractivity contribution in [3.63, 3.8) is 0 Å². The number of methoxy groups -OCH3 is 1. The molecule has 0 N–H and O–H groups in total. The molecular weight excluding hydrogens is 242 g/mol. The molecule has 0 unspecified atom stereocenters. The monoisotopic (exact) mass is 253 g/mol. The number of nitro benzene ring substituents is 1. The Morgan fingerprint density at radius 1 is 1.39 bits per heavy atom. The average molecular weight is 253 g/mol. The van der Waals surface area contributed by atoms with E-state index in [1.54, 1.807) is 0 Å². The van der Waals surface area contributed by atoms with E-state index in [-0.39, 0.29) is 29.4 Å². The van der Waals surface area contributed by atoms with Gasteiger partial charge in [-0.2, -0.15) is 0 Å². The van der Waals surface area contributed by atoms with Crippen molar-refractivity contribution in [3.05, 3.63) is 33.9 Å². The van der Waals surface area contributed by atoms with Crippen molar-refractivity contribution in [2.75, 3.05) is 13.7 Å². The van der Waals surface area contributed by atoms with E-state index < -0.39 is 10.9 Å². The molecule has 0 aromatic heterocycles. The molecule has 0 atom stereocenters. The van der Waals surface area contributed by atoms with Crippen molar-refractivity contribution in [1.29, 1.82) is 0 Å². The second-order valence-electron chi connectivity index (χ2n) is 3.42. The standard InChI is InChI=1S/C11H11NO6/c1-7(13)6-18-10-4-3-8(11(14)17-2)5-9(10)12(15)16/h3-5H,6H2,1-2H3. The minimum Gasteiger partial charge on any atom is -0.479 e. The highest BCUT2D eigenvalue weighted by Crippen LogP contribution is 2.28. The molecule has 0 spiro atoms. The van der Waals surface area contributed by atoms with Crippen molar-refractivity contribution in [3.8, 4) is 5.75 Å². The lowest BCUT2D eigenvalue weighted by Gasteiger charge is -2.06. The number of nitro groups is 1. The summed E-state index contributed by atoms with van der Waals surface area (Å²) in [5, 5.41) is 10.8. The Morgan fingerprint density at radius 2 is 2.06 bits per heavy atom. The molecule has 0 amide bonds. The number of carbonyl (C=O) groups excluding carboxylic acids is 2. The smallest absolute Gasteiger partial charge is 0.338 e. The molecule has 0 aliphatic heterocycles. The van der Waals surface area contributed by atoms with Gasteiger partial charge in [0, 0.05) is 6.07 Å². The first kappa shape index (κ1) is 13.6. The number of Topliss-reactive ketones (excluding diaryl/α,β-unsaturated/α-hetero) is 1. The van der Waals surface area contributed by atoms with E-state index in [1.807, 2.05) is 0 Å². The third-order valence-electron chi connectivity index (χ3n) is 2.01. The van der Waals surface area contributed by atoms with Gasteiger partial charge in [0.05, 0.1) is 17.6 Å². The number of carbonyl (C=O) groups is 2. The van der Waals surface area contributed by atoms with Gasteiger partial charge in [0.1, 0.15) is 6.61 Å². The second kappa shape index (κ2) is 5.76. The highest BCUT2D eigenvalue weighted by Gasteiger charge is 2.19. The molecule has 7 nitrogen and oxygen atoms in total. The molecule has 0 bridgehead atoms. The number of benzene rings is 1. The summed E-state index contributed by atoms with van der Waals surface area (Å²) in [5.41, 5.74) is -0.349. The Bertz CT molecular complexity index is 496. The zero-order valence-electron chi connectivity index (χ0n) is 9.84. The maximum Gasteiger partial charge on any atom is 0.338 e. The number of rotatable bonds is 5. The minimum absolute atomic E-state index is 0.0411. The van der Waals surface area contributed by atoms with Crippen molar-refractivity contribution < 1.29 is 24.0 Å². The van der Waals surface area contributed by atoms with Crippen LogP contribution in [0.5, 0.6) is 5.75 Å². The van der Waals surface area contributed by atoms with Gasteiger partial charge in [0.2, 0.25) is 0 Å². The van der Waals surface area contributed by atoms with E-state index in [4.69, 9.17) is 4.74 Å². The Morgan fingerprint density at radius 3 is 2.56 bits per heavy atom. The predicted molar refractivity (Wildman–Crippen MR) is 60.6 cm³/mol. The lowest BCUT2D eigenvalue weighted by Crippen LogP contribution is -2.09. The molecule has 0 radical (unpaired) electrons. The molecule has 0 fully saturated rings. The van der Waals surface area contributed by atoms with Gasteiger partial charge in [-0.25, -0.2) is 4.79 Å². The van der Waals surface area contributed by atoms with E-state index in [1.165, 1.54) is 26.2 Å². The molecule has 1 rings (SSSR count). The fourth-order valence-electron chi connectivity index (χ4n) is 1.21. The van der Waals surface area contributed by atoms with Crippen LogP contribution < -0.4 is 4.74 Å². The third kappa shape index (κ3) is 3.27. The average Bonchev–Trinajstić information content (AvgIpc) is 2.34. The van der Waals surface area contributed by atoms with Crippen LogP contribution in [0.3, 0.4) is 0 Å². The molecule has 1 aromatic rings. The summed E-state index contributed by atoms with van der Waals surface area (Å²) in [7, 11) is 1.17. The number of hydrogen-bond donors (Lipinski definition) is 0. The van der Waals surface area contributed by atoms with Crippen LogP contribution in [-0.4, -0.2) is 30.4 Å². The molecule has 96 valence electrons. The molecule has 0 heterocycles.